The smallest absolute Gasteiger partial charge is 0.407 e. The Labute approximate surface area is 195 Å². The monoisotopic (exact) mass is 464 g/mol. The van der Waals surface area contributed by atoms with E-state index in [1.165, 1.54) is 25.1 Å². The Hall–Kier alpha value is -3.84. The lowest BCUT2D eigenvalue weighted by Crippen LogP contribution is -2.42. The summed E-state index contributed by atoms with van der Waals surface area (Å²) >= 11 is 5.91. The maximum atomic E-state index is 12.5. The van der Waals surface area contributed by atoms with Crippen LogP contribution in [-0.4, -0.2) is 35.7 Å². The van der Waals surface area contributed by atoms with Crippen molar-refractivity contribution in [1.82, 2.24) is 5.32 Å². The first-order chi connectivity index (χ1) is 15.8. The predicted octanol–water partition coefficient (Wildman–Crippen LogP) is 4.90. The molecule has 0 heterocycles. The molecule has 1 atom stereocenters. The number of carbonyl (C=O) groups excluding carboxylic acids is 2. The van der Waals surface area contributed by atoms with Gasteiger partial charge in [0.1, 0.15) is 12.6 Å². The molecule has 3 aromatic carbocycles. The van der Waals surface area contributed by atoms with E-state index in [0.29, 0.717) is 0 Å². The summed E-state index contributed by atoms with van der Waals surface area (Å²) < 4.78 is 5.45. The molecule has 0 fully saturated rings. The van der Waals surface area contributed by atoms with Gasteiger partial charge in [-0.3, -0.25) is 4.79 Å². The van der Waals surface area contributed by atoms with E-state index in [4.69, 9.17) is 21.4 Å². The summed E-state index contributed by atoms with van der Waals surface area (Å²) in [4.78, 5) is 36.0. The van der Waals surface area contributed by atoms with Crippen LogP contribution < -0.4 is 10.6 Å². The molecule has 1 aliphatic carbocycles. The van der Waals surface area contributed by atoms with E-state index in [-0.39, 0.29) is 28.8 Å². The lowest BCUT2D eigenvalue weighted by Gasteiger charge is -2.17. The van der Waals surface area contributed by atoms with Gasteiger partial charge < -0.3 is 20.5 Å². The Balaban J connectivity index is 1.37. The van der Waals surface area contributed by atoms with Crippen molar-refractivity contribution in [2.75, 3.05) is 11.9 Å². The Morgan fingerprint density at radius 2 is 1.61 bits per heavy atom. The van der Waals surface area contributed by atoms with E-state index in [2.05, 4.69) is 10.6 Å². The number of ether oxygens (including phenoxy) is 1. The number of amides is 2. The zero-order valence-electron chi connectivity index (χ0n) is 17.7. The number of hydrogen-bond donors (Lipinski definition) is 3. The van der Waals surface area contributed by atoms with Gasteiger partial charge in [0.2, 0.25) is 5.91 Å². The minimum absolute atomic E-state index is 0.0602. The number of carboxylic acid groups (broad SMARTS) is 1. The Morgan fingerprint density at radius 1 is 1.00 bits per heavy atom. The Morgan fingerprint density at radius 3 is 2.21 bits per heavy atom. The van der Waals surface area contributed by atoms with Crippen LogP contribution in [0.4, 0.5) is 10.5 Å². The van der Waals surface area contributed by atoms with Crippen molar-refractivity contribution in [2.24, 2.45) is 0 Å². The predicted molar refractivity (Wildman–Crippen MR) is 125 cm³/mol. The maximum Gasteiger partial charge on any atom is 0.407 e. The van der Waals surface area contributed by atoms with E-state index >= 15 is 0 Å². The fraction of sp³-hybridized carbons (Fsp3) is 0.160. The van der Waals surface area contributed by atoms with Crippen molar-refractivity contribution in [1.29, 1.82) is 0 Å². The Bertz CT molecular complexity index is 1200. The molecule has 33 heavy (non-hydrogen) atoms. The molecular weight excluding hydrogens is 444 g/mol. The summed E-state index contributed by atoms with van der Waals surface area (Å²) in [6.07, 6.45) is -0.725. The zero-order valence-corrected chi connectivity index (χ0v) is 18.4. The summed E-state index contributed by atoms with van der Waals surface area (Å²) in [7, 11) is 0. The summed E-state index contributed by atoms with van der Waals surface area (Å²) in [5.41, 5.74) is 4.58. The van der Waals surface area contributed by atoms with Crippen molar-refractivity contribution < 1.29 is 24.2 Å². The molecule has 4 rings (SSSR count). The maximum absolute atomic E-state index is 12.5. The number of rotatable bonds is 6. The number of carbonyl (C=O) groups is 3. The summed E-state index contributed by atoms with van der Waals surface area (Å²) in [5.74, 6) is -1.80. The number of aromatic carboxylic acids is 1. The summed E-state index contributed by atoms with van der Waals surface area (Å²) in [6, 6.07) is 19.1. The molecular formula is C25H21ClN2O5. The molecule has 0 saturated heterocycles. The third-order valence-electron chi connectivity index (χ3n) is 5.48. The van der Waals surface area contributed by atoms with Crippen molar-refractivity contribution in [2.45, 2.75) is 18.9 Å². The number of benzene rings is 3. The first kappa shape index (κ1) is 22.4. The number of alkyl carbamates (subject to hydrolysis) is 1. The standard InChI is InChI=1S/C25H21ClN2O5/c1-14(23(29)28-17-11-15(24(30)31)10-16(26)12-17)27-25(32)33-13-22-20-8-4-2-6-18(20)19-7-3-5-9-21(19)22/h2-12,14,22H,13H2,1H3,(H,27,32)(H,28,29)(H,30,31)/t14-/m0/s1. The molecule has 3 aromatic rings. The SMILES string of the molecule is C[C@H](NC(=O)OCC1c2ccccc2-c2ccccc21)C(=O)Nc1cc(Cl)cc(C(=O)O)c1. The van der Waals surface area contributed by atoms with Crippen LogP contribution >= 0.6 is 11.6 Å². The highest BCUT2D eigenvalue weighted by Crippen LogP contribution is 2.44. The molecule has 8 heteroatoms. The zero-order chi connectivity index (χ0) is 23.5. The highest BCUT2D eigenvalue weighted by atomic mass is 35.5. The number of fused-ring (bicyclic) bond motifs is 3. The number of hydrogen-bond acceptors (Lipinski definition) is 4. The van der Waals surface area contributed by atoms with Gasteiger partial charge in [0.15, 0.2) is 0 Å². The number of nitrogens with one attached hydrogen (secondary N) is 2. The quantitative estimate of drug-likeness (QED) is 0.481. The van der Waals surface area contributed by atoms with Crippen LogP contribution in [0.3, 0.4) is 0 Å². The van der Waals surface area contributed by atoms with E-state index in [9.17, 15) is 14.4 Å². The second kappa shape index (κ2) is 9.34. The van der Waals surface area contributed by atoms with Crippen molar-refractivity contribution >= 4 is 35.3 Å². The minimum Gasteiger partial charge on any atom is -0.478 e. The largest absolute Gasteiger partial charge is 0.478 e. The van der Waals surface area contributed by atoms with Crippen LogP contribution in [0.15, 0.2) is 66.7 Å². The van der Waals surface area contributed by atoms with Gasteiger partial charge in [-0.05, 0) is 47.4 Å². The van der Waals surface area contributed by atoms with Crippen molar-refractivity contribution in [3.63, 3.8) is 0 Å². The van der Waals surface area contributed by atoms with Gasteiger partial charge in [0, 0.05) is 16.6 Å². The van der Waals surface area contributed by atoms with Gasteiger partial charge in [-0.1, -0.05) is 60.1 Å². The van der Waals surface area contributed by atoms with Crippen LogP contribution in [0, 0.1) is 0 Å². The first-order valence-corrected chi connectivity index (χ1v) is 10.7. The van der Waals surface area contributed by atoms with Gasteiger partial charge >= 0.3 is 12.1 Å². The highest BCUT2D eigenvalue weighted by molar-refractivity contribution is 6.31. The van der Waals surface area contributed by atoms with E-state index in [0.717, 1.165) is 22.3 Å². The summed E-state index contributed by atoms with van der Waals surface area (Å²) in [6.45, 7) is 1.63. The molecule has 7 nitrogen and oxygen atoms in total. The van der Waals surface area contributed by atoms with Crippen molar-refractivity contribution in [3.8, 4) is 11.1 Å². The molecule has 0 spiro atoms. The van der Waals surface area contributed by atoms with Gasteiger partial charge in [-0.25, -0.2) is 9.59 Å². The van der Waals surface area contributed by atoms with Crippen LogP contribution in [0.25, 0.3) is 11.1 Å². The average molecular weight is 465 g/mol. The molecule has 0 bridgehead atoms. The molecule has 3 N–H and O–H groups in total. The fourth-order valence-electron chi connectivity index (χ4n) is 3.92. The second-order valence-corrected chi connectivity index (χ2v) is 8.15. The van der Waals surface area contributed by atoms with Crippen LogP contribution in [-0.2, 0) is 9.53 Å². The number of carboxylic acids is 1. The normalized spacial score (nSPS) is 12.9. The minimum atomic E-state index is -1.17. The topological polar surface area (TPSA) is 105 Å². The third-order valence-corrected chi connectivity index (χ3v) is 5.70. The van der Waals surface area contributed by atoms with E-state index in [1.807, 2.05) is 48.5 Å². The molecule has 0 radical (unpaired) electrons. The van der Waals surface area contributed by atoms with Crippen LogP contribution in [0.1, 0.15) is 34.3 Å². The first-order valence-electron chi connectivity index (χ1n) is 10.3. The lowest BCUT2D eigenvalue weighted by atomic mass is 9.98. The third kappa shape index (κ3) is 4.83. The average Bonchev–Trinajstić information content (AvgIpc) is 3.11. The summed E-state index contributed by atoms with van der Waals surface area (Å²) in [5, 5.41) is 14.3. The van der Waals surface area contributed by atoms with Gasteiger partial charge in [0.05, 0.1) is 5.56 Å². The van der Waals surface area contributed by atoms with Crippen molar-refractivity contribution in [3.05, 3.63) is 88.4 Å². The van der Waals surface area contributed by atoms with Gasteiger partial charge in [0.25, 0.3) is 0 Å². The lowest BCUT2D eigenvalue weighted by molar-refractivity contribution is -0.117. The molecule has 0 saturated carbocycles. The van der Waals surface area contributed by atoms with Gasteiger partial charge in [-0.15, -0.1) is 0 Å². The Kier molecular flexibility index (Phi) is 6.33. The molecule has 1 aliphatic rings. The van der Waals surface area contributed by atoms with E-state index < -0.39 is 24.0 Å². The number of halogens is 1. The van der Waals surface area contributed by atoms with Crippen LogP contribution in [0.5, 0.6) is 0 Å². The van der Waals surface area contributed by atoms with E-state index in [1.54, 1.807) is 0 Å². The second-order valence-electron chi connectivity index (χ2n) is 7.71. The van der Waals surface area contributed by atoms with Gasteiger partial charge in [-0.2, -0.15) is 0 Å². The molecule has 2 amide bonds. The molecule has 0 aromatic heterocycles. The fourth-order valence-corrected chi connectivity index (χ4v) is 4.15. The number of anilines is 1. The molecule has 0 aliphatic heterocycles. The molecule has 0 unspecified atom stereocenters. The highest BCUT2D eigenvalue weighted by Gasteiger charge is 2.29. The molecule has 168 valence electrons. The van der Waals surface area contributed by atoms with Crippen LogP contribution in [0.2, 0.25) is 5.02 Å².